The molecule has 1 fully saturated rings. The SMILES string of the molecule is OCC1CCCN(CCNCc2cnn(-c3ccc4ccccc4c3)c2)C1. The zero-order valence-corrected chi connectivity index (χ0v) is 15.7. The van der Waals surface area contributed by atoms with Gasteiger partial charge in [0.2, 0.25) is 0 Å². The summed E-state index contributed by atoms with van der Waals surface area (Å²) in [5.74, 6) is 0.457. The minimum absolute atomic E-state index is 0.317. The number of piperidine rings is 1. The van der Waals surface area contributed by atoms with Crippen LogP contribution in [0.3, 0.4) is 0 Å². The average Bonchev–Trinajstić information content (AvgIpc) is 3.20. The van der Waals surface area contributed by atoms with Gasteiger partial charge in [-0.1, -0.05) is 30.3 Å². The Hall–Kier alpha value is -2.21. The van der Waals surface area contributed by atoms with Crippen molar-refractivity contribution in [2.24, 2.45) is 5.92 Å². The predicted octanol–water partition coefficient (Wildman–Crippen LogP) is 2.82. The van der Waals surface area contributed by atoms with E-state index in [1.165, 1.54) is 22.8 Å². The Kier molecular flexibility index (Phi) is 5.82. The summed E-state index contributed by atoms with van der Waals surface area (Å²) in [5.41, 5.74) is 2.28. The lowest BCUT2D eigenvalue weighted by Gasteiger charge is -2.31. The first-order valence-corrected chi connectivity index (χ1v) is 9.88. The van der Waals surface area contributed by atoms with Crippen molar-refractivity contribution in [1.82, 2.24) is 20.0 Å². The van der Waals surface area contributed by atoms with Gasteiger partial charge in [0.25, 0.3) is 0 Å². The fourth-order valence-electron chi connectivity index (χ4n) is 3.89. The van der Waals surface area contributed by atoms with Crippen molar-refractivity contribution in [3.8, 4) is 5.69 Å². The molecule has 2 aromatic carbocycles. The number of aromatic nitrogens is 2. The molecule has 1 aromatic heterocycles. The molecule has 1 saturated heterocycles. The first-order valence-electron chi connectivity index (χ1n) is 9.88. The molecule has 1 unspecified atom stereocenters. The van der Waals surface area contributed by atoms with Gasteiger partial charge in [-0.25, -0.2) is 4.68 Å². The maximum absolute atomic E-state index is 9.33. The van der Waals surface area contributed by atoms with Crippen LogP contribution >= 0.6 is 0 Å². The van der Waals surface area contributed by atoms with Crippen LogP contribution in [-0.2, 0) is 6.54 Å². The third kappa shape index (κ3) is 4.56. The standard InChI is InChI=1S/C22H28N4O/c27-17-18-4-3-10-25(15-18)11-9-23-13-19-14-24-26(16-19)22-8-7-20-5-1-2-6-21(20)12-22/h1-2,5-8,12,14,16,18,23,27H,3-4,9-11,13,15,17H2. The van der Waals surface area contributed by atoms with Crippen LogP contribution in [0.2, 0.25) is 0 Å². The number of hydrogen-bond donors (Lipinski definition) is 2. The normalized spacial score (nSPS) is 18.2. The van der Waals surface area contributed by atoms with Crippen molar-refractivity contribution in [2.75, 3.05) is 32.8 Å². The van der Waals surface area contributed by atoms with Gasteiger partial charge in [0.15, 0.2) is 0 Å². The minimum Gasteiger partial charge on any atom is -0.396 e. The van der Waals surface area contributed by atoms with Crippen LogP contribution in [0.5, 0.6) is 0 Å². The fourth-order valence-corrected chi connectivity index (χ4v) is 3.89. The molecule has 5 heteroatoms. The van der Waals surface area contributed by atoms with Gasteiger partial charge in [-0.05, 0) is 48.2 Å². The molecule has 1 aliphatic heterocycles. The molecule has 0 amide bonds. The highest BCUT2D eigenvalue weighted by Gasteiger charge is 2.18. The first-order chi connectivity index (χ1) is 13.3. The van der Waals surface area contributed by atoms with Gasteiger partial charge in [-0.3, -0.25) is 0 Å². The van der Waals surface area contributed by atoms with E-state index in [-0.39, 0.29) is 0 Å². The van der Waals surface area contributed by atoms with Crippen molar-refractivity contribution in [3.05, 3.63) is 60.4 Å². The lowest BCUT2D eigenvalue weighted by molar-refractivity contribution is 0.121. The minimum atomic E-state index is 0.317. The Morgan fingerprint density at radius 2 is 2.04 bits per heavy atom. The number of nitrogens with zero attached hydrogens (tertiary/aromatic N) is 3. The molecular weight excluding hydrogens is 336 g/mol. The van der Waals surface area contributed by atoms with E-state index in [2.05, 4.69) is 64.0 Å². The van der Waals surface area contributed by atoms with Gasteiger partial charge >= 0.3 is 0 Å². The van der Waals surface area contributed by atoms with Gasteiger partial charge in [-0.15, -0.1) is 0 Å². The average molecular weight is 364 g/mol. The monoisotopic (exact) mass is 364 g/mol. The van der Waals surface area contributed by atoms with Crippen molar-refractivity contribution in [1.29, 1.82) is 0 Å². The highest BCUT2D eigenvalue weighted by atomic mass is 16.3. The smallest absolute Gasteiger partial charge is 0.0652 e. The second-order valence-corrected chi connectivity index (χ2v) is 7.49. The quantitative estimate of drug-likeness (QED) is 0.633. The molecule has 0 bridgehead atoms. The van der Waals surface area contributed by atoms with Gasteiger partial charge in [0, 0.05) is 44.5 Å². The Morgan fingerprint density at radius 3 is 2.93 bits per heavy atom. The highest BCUT2D eigenvalue weighted by molar-refractivity contribution is 5.84. The summed E-state index contributed by atoms with van der Waals surface area (Å²) in [6, 6.07) is 14.8. The summed E-state index contributed by atoms with van der Waals surface area (Å²) in [5, 5.41) is 19.8. The first kappa shape index (κ1) is 18.2. The van der Waals surface area contributed by atoms with E-state index < -0.39 is 0 Å². The number of aliphatic hydroxyl groups is 1. The second kappa shape index (κ2) is 8.65. The second-order valence-electron chi connectivity index (χ2n) is 7.49. The molecule has 2 heterocycles. The summed E-state index contributed by atoms with van der Waals surface area (Å²) in [7, 11) is 0. The Balaban J connectivity index is 1.29. The topological polar surface area (TPSA) is 53.3 Å². The fraction of sp³-hybridized carbons (Fsp3) is 0.409. The maximum Gasteiger partial charge on any atom is 0.0652 e. The number of hydrogen-bond acceptors (Lipinski definition) is 4. The van der Waals surface area contributed by atoms with Crippen molar-refractivity contribution in [2.45, 2.75) is 19.4 Å². The van der Waals surface area contributed by atoms with Crippen molar-refractivity contribution in [3.63, 3.8) is 0 Å². The summed E-state index contributed by atoms with van der Waals surface area (Å²) < 4.78 is 1.94. The molecule has 0 aliphatic carbocycles. The highest BCUT2D eigenvalue weighted by Crippen LogP contribution is 2.18. The lowest BCUT2D eigenvalue weighted by atomic mass is 9.99. The molecule has 5 nitrogen and oxygen atoms in total. The van der Waals surface area contributed by atoms with Gasteiger partial charge in [0.05, 0.1) is 11.9 Å². The van der Waals surface area contributed by atoms with Crippen LogP contribution in [0.25, 0.3) is 16.5 Å². The van der Waals surface area contributed by atoms with E-state index in [0.29, 0.717) is 12.5 Å². The number of nitrogens with one attached hydrogen (secondary N) is 1. The molecule has 27 heavy (non-hydrogen) atoms. The summed E-state index contributed by atoms with van der Waals surface area (Å²) >= 11 is 0. The van der Waals surface area contributed by atoms with Crippen LogP contribution in [0, 0.1) is 5.92 Å². The number of likely N-dealkylation sites (tertiary alicyclic amines) is 1. The third-order valence-electron chi connectivity index (χ3n) is 5.43. The number of fused-ring (bicyclic) bond motifs is 1. The summed E-state index contributed by atoms with van der Waals surface area (Å²) in [6.07, 6.45) is 6.39. The van der Waals surface area contributed by atoms with Crippen LogP contribution in [0.1, 0.15) is 18.4 Å². The Labute approximate surface area is 160 Å². The van der Waals surface area contributed by atoms with Gasteiger partial charge in [0.1, 0.15) is 0 Å². The lowest BCUT2D eigenvalue weighted by Crippen LogP contribution is -2.40. The van der Waals surface area contributed by atoms with Gasteiger partial charge < -0.3 is 15.3 Å². The van der Waals surface area contributed by atoms with Crippen LogP contribution in [-0.4, -0.2) is 52.6 Å². The van der Waals surface area contributed by atoms with Crippen LogP contribution in [0.4, 0.5) is 0 Å². The third-order valence-corrected chi connectivity index (χ3v) is 5.43. The maximum atomic E-state index is 9.33. The molecule has 0 saturated carbocycles. The van der Waals surface area contributed by atoms with E-state index in [0.717, 1.165) is 44.8 Å². The molecule has 1 aliphatic rings. The van der Waals surface area contributed by atoms with Crippen LogP contribution < -0.4 is 5.32 Å². The Bertz CT molecular complexity index is 875. The van der Waals surface area contributed by atoms with Crippen LogP contribution in [0.15, 0.2) is 54.9 Å². The molecule has 142 valence electrons. The van der Waals surface area contributed by atoms with E-state index in [9.17, 15) is 5.11 Å². The summed E-state index contributed by atoms with van der Waals surface area (Å²) in [6.45, 7) is 5.31. The predicted molar refractivity (Wildman–Crippen MR) is 109 cm³/mol. The molecule has 3 aromatic rings. The zero-order chi connectivity index (χ0) is 18.5. The van der Waals surface area contributed by atoms with E-state index in [1.54, 1.807) is 0 Å². The Morgan fingerprint density at radius 1 is 1.15 bits per heavy atom. The van der Waals surface area contributed by atoms with Crippen molar-refractivity contribution < 1.29 is 5.11 Å². The summed E-state index contributed by atoms with van der Waals surface area (Å²) in [4.78, 5) is 2.45. The largest absolute Gasteiger partial charge is 0.396 e. The number of rotatable bonds is 7. The number of aliphatic hydroxyl groups excluding tert-OH is 1. The molecule has 0 radical (unpaired) electrons. The zero-order valence-electron chi connectivity index (χ0n) is 15.7. The molecule has 1 atom stereocenters. The van der Waals surface area contributed by atoms with E-state index in [1.807, 2.05) is 10.9 Å². The van der Waals surface area contributed by atoms with Crippen molar-refractivity contribution >= 4 is 10.8 Å². The van der Waals surface area contributed by atoms with Gasteiger partial charge in [-0.2, -0.15) is 5.10 Å². The molecule has 2 N–H and O–H groups in total. The molecular formula is C22H28N4O. The number of benzene rings is 2. The molecule has 0 spiro atoms. The molecule has 4 rings (SSSR count). The van der Waals surface area contributed by atoms with E-state index >= 15 is 0 Å². The van der Waals surface area contributed by atoms with E-state index in [4.69, 9.17) is 0 Å².